The third-order valence-corrected chi connectivity index (χ3v) is 19.2. The first-order valence-electron chi connectivity index (χ1n) is 32.5. The summed E-state index contributed by atoms with van der Waals surface area (Å²) < 4.78 is 14.6. The predicted octanol–water partition coefficient (Wildman–Crippen LogP) is 21.2. The summed E-state index contributed by atoms with van der Waals surface area (Å²) in [6, 6.07) is 112. The lowest BCUT2D eigenvalue weighted by Gasteiger charge is -2.16. The van der Waals surface area contributed by atoms with Crippen LogP contribution in [0.1, 0.15) is 0 Å². The van der Waals surface area contributed by atoms with Crippen molar-refractivity contribution < 1.29 is 4.42 Å². The lowest BCUT2D eigenvalue weighted by Crippen LogP contribution is -2.22. The van der Waals surface area contributed by atoms with Gasteiger partial charge >= 0.3 is 0 Å². The van der Waals surface area contributed by atoms with Crippen molar-refractivity contribution in [3.63, 3.8) is 0 Å². The number of hydrogen-bond donors (Lipinski definition) is 0. The molecule has 5 aromatic heterocycles. The summed E-state index contributed by atoms with van der Waals surface area (Å²) in [6.45, 7) is 0. The zero-order valence-electron chi connectivity index (χ0n) is 52.1. The zero-order valence-corrected chi connectivity index (χ0v) is 52.1. The van der Waals surface area contributed by atoms with E-state index >= 15 is 9.59 Å². The molecule has 0 atom stereocenters. The fourth-order valence-corrected chi connectivity index (χ4v) is 14.7. The van der Waals surface area contributed by atoms with E-state index in [-0.39, 0.29) is 11.1 Å². The molecule has 0 aliphatic rings. The van der Waals surface area contributed by atoms with Gasteiger partial charge in [-0.3, -0.25) is 18.7 Å². The van der Waals surface area contributed by atoms with Crippen molar-refractivity contribution in [1.29, 1.82) is 0 Å². The third kappa shape index (κ3) is 9.01. The van der Waals surface area contributed by atoms with Crippen LogP contribution in [0.4, 0.5) is 0 Å². The number of para-hydroxylation sites is 4. The number of fused-ring (bicyclic) bond motifs is 11. The minimum absolute atomic E-state index is 0.142. The number of rotatable bonds is 10. The minimum Gasteiger partial charge on any atom is -0.456 e. The first-order valence-corrected chi connectivity index (χ1v) is 32.5. The summed E-state index contributed by atoms with van der Waals surface area (Å²) in [5.41, 5.74) is 20.0. The molecule has 9 heteroatoms. The summed E-state index contributed by atoms with van der Waals surface area (Å²) in [4.78, 5) is 41.2. The lowest BCUT2D eigenvalue weighted by atomic mass is 10.0. The Morgan fingerprint density at radius 1 is 0.247 bits per heavy atom. The maximum absolute atomic E-state index is 15.3. The smallest absolute Gasteiger partial charge is 0.266 e. The fraction of sp³-hybridized carbons (Fsp3) is 0. The second-order valence-electron chi connectivity index (χ2n) is 24.7. The van der Waals surface area contributed by atoms with Crippen molar-refractivity contribution in [3.05, 3.63) is 348 Å². The molecule has 0 saturated carbocycles. The summed E-state index contributed by atoms with van der Waals surface area (Å²) >= 11 is 0. The van der Waals surface area contributed by atoms with Gasteiger partial charge in [0.2, 0.25) is 0 Å². The molecule has 0 aliphatic carbocycles. The Morgan fingerprint density at radius 3 is 1.49 bits per heavy atom. The summed E-state index contributed by atoms with van der Waals surface area (Å²) in [6.07, 6.45) is 0. The minimum atomic E-state index is -0.155. The Labute approximate surface area is 555 Å². The van der Waals surface area contributed by atoms with E-state index in [1.165, 1.54) is 0 Å². The zero-order chi connectivity index (χ0) is 64.2. The van der Waals surface area contributed by atoms with E-state index in [2.05, 4.69) is 191 Å². The van der Waals surface area contributed by atoms with Crippen molar-refractivity contribution in [2.24, 2.45) is 0 Å². The number of hydrogen-bond acceptors (Lipinski definition) is 5. The van der Waals surface area contributed by atoms with Crippen molar-refractivity contribution in [3.8, 4) is 90.0 Å². The quantitative estimate of drug-likeness (QED) is 0.136. The highest BCUT2D eigenvalue weighted by molar-refractivity contribution is 6.15. The molecule has 5 heterocycles. The molecular formula is C88H54N6O3. The molecule has 0 saturated heterocycles. The third-order valence-electron chi connectivity index (χ3n) is 19.2. The Hall–Kier alpha value is -13.2. The van der Waals surface area contributed by atoms with Crippen LogP contribution in [-0.2, 0) is 0 Å². The van der Waals surface area contributed by atoms with Crippen LogP contribution in [-0.4, -0.2) is 28.2 Å². The van der Waals surface area contributed by atoms with E-state index < -0.39 is 0 Å². The number of nitrogens with zero attached hydrogens (tertiary/aromatic N) is 6. The van der Waals surface area contributed by atoms with Crippen LogP contribution >= 0.6 is 0 Å². The van der Waals surface area contributed by atoms with E-state index in [9.17, 15) is 0 Å². The van der Waals surface area contributed by atoms with Crippen LogP contribution in [0.2, 0.25) is 0 Å². The molecule has 9 nitrogen and oxygen atoms in total. The monoisotopic (exact) mass is 1240 g/mol. The molecule has 19 rings (SSSR count). The molecule has 0 fully saturated rings. The summed E-state index contributed by atoms with van der Waals surface area (Å²) in [7, 11) is 0. The van der Waals surface area contributed by atoms with Gasteiger partial charge in [-0.2, -0.15) is 0 Å². The molecule has 97 heavy (non-hydrogen) atoms. The van der Waals surface area contributed by atoms with Crippen molar-refractivity contribution in [2.45, 2.75) is 0 Å². The van der Waals surface area contributed by atoms with Gasteiger partial charge in [0.1, 0.15) is 22.8 Å². The molecule has 0 N–H and O–H groups in total. The maximum atomic E-state index is 15.3. The van der Waals surface area contributed by atoms with E-state index in [4.69, 9.17) is 14.4 Å². The average molecular weight is 1240 g/mol. The van der Waals surface area contributed by atoms with Crippen molar-refractivity contribution in [2.75, 3.05) is 0 Å². The second kappa shape index (κ2) is 22.2. The van der Waals surface area contributed by atoms with E-state index in [1.807, 2.05) is 150 Å². The topological polar surface area (TPSA) is 92.8 Å². The highest BCUT2D eigenvalue weighted by Gasteiger charge is 2.25. The first-order chi connectivity index (χ1) is 47.9. The summed E-state index contributed by atoms with van der Waals surface area (Å²) in [5.74, 6) is 1.10. The van der Waals surface area contributed by atoms with Gasteiger partial charge in [-0.25, -0.2) is 9.97 Å². The lowest BCUT2D eigenvalue weighted by molar-refractivity contribution is 0.669. The van der Waals surface area contributed by atoms with Crippen LogP contribution in [0.3, 0.4) is 0 Å². The van der Waals surface area contributed by atoms with E-state index in [1.54, 1.807) is 4.57 Å². The van der Waals surface area contributed by atoms with Crippen molar-refractivity contribution >= 4 is 87.4 Å². The number of benzene rings is 14. The van der Waals surface area contributed by atoms with Crippen LogP contribution in [0, 0.1) is 0 Å². The normalized spacial score (nSPS) is 11.8. The second-order valence-corrected chi connectivity index (χ2v) is 24.7. The number of furan rings is 1. The Balaban J connectivity index is 0.690. The summed E-state index contributed by atoms with van der Waals surface area (Å²) in [5, 5.41) is 7.12. The Morgan fingerprint density at radius 2 is 0.732 bits per heavy atom. The predicted molar refractivity (Wildman–Crippen MR) is 397 cm³/mol. The Kier molecular flexibility index (Phi) is 12.7. The van der Waals surface area contributed by atoms with Gasteiger partial charge in [-0.05, 0) is 160 Å². The molecule has 454 valence electrons. The van der Waals surface area contributed by atoms with Gasteiger partial charge < -0.3 is 13.6 Å². The Bertz CT molecular complexity index is 6550. The van der Waals surface area contributed by atoms with Gasteiger partial charge in [-0.15, -0.1) is 0 Å². The fourth-order valence-electron chi connectivity index (χ4n) is 14.7. The maximum Gasteiger partial charge on any atom is 0.266 e. The van der Waals surface area contributed by atoms with E-state index in [0.717, 1.165) is 144 Å². The van der Waals surface area contributed by atoms with Gasteiger partial charge in [0.05, 0.1) is 55.2 Å². The molecule has 19 aromatic rings. The van der Waals surface area contributed by atoms with Crippen LogP contribution < -0.4 is 11.1 Å². The van der Waals surface area contributed by atoms with Crippen LogP contribution in [0.15, 0.2) is 342 Å². The van der Waals surface area contributed by atoms with Gasteiger partial charge in [0, 0.05) is 54.8 Å². The van der Waals surface area contributed by atoms with E-state index in [0.29, 0.717) is 33.5 Å². The van der Waals surface area contributed by atoms with Crippen molar-refractivity contribution in [1.82, 2.24) is 28.2 Å². The SMILES string of the molecule is O=c1c2ccc(-c3ccc4c(c3)c3ccccc3n4-c3ccc(-c4cccc(-n5c6ccccc6c6c(-n7c(-c8cccc9oc%10ccccc%10c89)nc8ccccc8c7=O)cccc65)c4)cc3)cc2nc(-c2cccc(-c3ccccc3)c2)n1-c1cccc(-c2ccccc2)c1. The molecule has 14 aromatic carbocycles. The highest BCUT2D eigenvalue weighted by atomic mass is 16.3. The van der Waals surface area contributed by atoms with Crippen LogP contribution in [0.25, 0.3) is 177 Å². The molecule has 0 unspecified atom stereocenters. The highest BCUT2D eigenvalue weighted by Crippen LogP contribution is 2.42. The molecule has 0 radical (unpaired) electrons. The van der Waals surface area contributed by atoms with Crippen LogP contribution in [0.5, 0.6) is 0 Å². The van der Waals surface area contributed by atoms with Gasteiger partial charge in [0.25, 0.3) is 11.1 Å². The van der Waals surface area contributed by atoms with Gasteiger partial charge in [0.15, 0.2) is 0 Å². The molecule has 0 bridgehead atoms. The standard InChI is InChI=1S/C88H54N6O3/c95-87-69-48-44-62(54-75(69)90-85(63-27-15-24-58(50-63)55-20-3-1-4-21-55)93(87)66-29-17-25-59(52-66)56-22-5-2-6-23-56)61-45-49-78-73(53-61)67-30-8-12-36-76(67)91(78)64-46-42-57(43-47-64)60-26-16-28-65(51-60)92-77-37-13-9-32-70(77)84-79(92)38-19-39-80(84)94-86(89-74-35-11-7-31-68(74)88(94)96)72-34-18-41-82-83(72)71-33-10-14-40-81(71)97-82/h1-54H. The molecule has 0 aliphatic heterocycles. The molecule has 0 spiro atoms. The molecular weight excluding hydrogens is 1190 g/mol. The number of aromatic nitrogens is 6. The van der Waals surface area contributed by atoms with Gasteiger partial charge in [-0.1, -0.05) is 212 Å². The largest absolute Gasteiger partial charge is 0.456 e. The average Bonchev–Trinajstić information content (AvgIpc) is 1.66. The molecule has 0 amide bonds. The first kappa shape index (κ1) is 55.4.